The lowest BCUT2D eigenvalue weighted by Gasteiger charge is -2.31. The third kappa shape index (κ3) is 4.95. The lowest BCUT2D eigenvalue weighted by molar-refractivity contribution is -0.149. The second kappa shape index (κ2) is 10.2. The number of fused-ring (bicyclic) bond motifs is 1. The second-order valence-electron chi connectivity index (χ2n) is 8.74. The van der Waals surface area contributed by atoms with Crippen LogP contribution in [-0.2, 0) is 9.53 Å². The Hall–Kier alpha value is -4.14. The number of carbonyl (C=O) groups is 2. The molecular weight excluding hydrogens is 462 g/mol. The molecule has 1 saturated heterocycles. The van der Waals surface area contributed by atoms with Gasteiger partial charge in [0.1, 0.15) is 11.3 Å². The van der Waals surface area contributed by atoms with Gasteiger partial charge < -0.3 is 23.8 Å². The first-order chi connectivity index (χ1) is 17.5. The molecule has 1 aromatic heterocycles. The number of benzene rings is 2. The fourth-order valence-electron chi connectivity index (χ4n) is 4.35. The number of amides is 1. The average molecular weight is 490 g/mol. The van der Waals surface area contributed by atoms with Crippen LogP contribution in [0.1, 0.15) is 35.7 Å². The number of aromatic nitrogens is 2. The van der Waals surface area contributed by atoms with E-state index in [0.717, 1.165) is 11.1 Å². The molecule has 2 aromatic carbocycles. The minimum atomic E-state index is -0.353. The molecule has 9 nitrogen and oxygen atoms in total. The van der Waals surface area contributed by atoms with E-state index < -0.39 is 0 Å². The van der Waals surface area contributed by atoms with Crippen LogP contribution in [0, 0.1) is 12.8 Å². The number of hydrogen-bond donors (Lipinski definition) is 0. The van der Waals surface area contributed by atoms with Crippen molar-refractivity contribution in [3.05, 3.63) is 59.8 Å². The Labute approximate surface area is 209 Å². The maximum atomic E-state index is 13.6. The number of piperidine rings is 1. The Bertz CT molecular complexity index is 1290. The molecule has 1 fully saturated rings. The molecule has 3 aromatic rings. The number of carbonyl (C=O) groups excluding carboxylic acids is 2. The van der Waals surface area contributed by atoms with E-state index in [9.17, 15) is 9.59 Å². The Morgan fingerprint density at radius 2 is 2.00 bits per heavy atom. The van der Waals surface area contributed by atoms with Crippen LogP contribution in [0.4, 0.5) is 0 Å². The first-order valence-corrected chi connectivity index (χ1v) is 12.0. The SMILES string of the molecule is CCOC(=O)[C@@H]1CCCN(C(=O)c2cnc(-c3cccc(C)c3)nc2Oc2ccc3c(c2)OCO3)C1. The predicted octanol–water partition coefficient (Wildman–Crippen LogP) is 4.39. The Morgan fingerprint density at radius 1 is 1.14 bits per heavy atom. The van der Waals surface area contributed by atoms with Crippen molar-refractivity contribution in [2.75, 3.05) is 26.5 Å². The summed E-state index contributed by atoms with van der Waals surface area (Å²) in [6.45, 7) is 5.02. The van der Waals surface area contributed by atoms with Gasteiger partial charge in [-0.25, -0.2) is 4.98 Å². The zero-order chi connectivity index (χ0) is 25.1. The molecule has 9 heteroatoms. The molecule has 0 bridgehead atoms. The third-order valence-corrected chi connectivity index (χ3v) is 6.15. The van der Waals surface area contributed by atoms with Crippen molar-refractivity contribution in [1.82, 2.24) is 14.9 Å². The third-order valence-electron chi connectivity index (χ3n) is 6.15. The minimum Gasteiger partial charge on any atom is -0.466 e. The van der Waals surface area contributed by atoms with Crippen LogP contribution in [0.25, 0.3) is 11.4 Å². The molecule has 0 aliphatic carbocycles. The van der Waals surface area contributed by atoms with Gasteiger partial charge >= 0.3 is 5.97 Å². The second-order valence-corrected chi connectivity index (χ2v) is 8.74. The molecule has 0 unspecified atom stereocenters. The molecule has 2 aliphatic heterocycles. The monoisotopic (exact) mass is 489 g/mol. The average Bonchev–Trinajstić information content (AvgIpc) is 3.36. The summed E-state index contributed by atoms with van der Waals surface area (Å²) < 4.78 is 22.1. The Morgan fingerprint density at radius 3 is 2.83 bits per heavy atom. The largest absolute Gasteiger partial charge is 0.466 e. The van der Waals surface area contributed by atoms with E-state index in [1.54, 1.807) is 30.0 Å². The summed E-state index contributed by atoms with van der Waals surface area (Å²) in [5.41, 5.74) is 2.09. The lowest BCUT2D eigenvalue weighted by Crippen LogP contribution is -2.43. The molecular formula is C27H27N3O6. The minimum absolute atomic E-state index is 0.128. The number of rotatable bonds is 6. The summed E-state index contributed by atoms with van der Waals surface area (Å²) in [5, 5.41) is 0. The summed E-state index contributed by atoms with van der Waals surface area (Å²) in [6.07, 6.45) is 2.88. The van der Waals surface area contributed by atoms with Gasteiger partial charge in [-0.15, -0.1) is 0 Å². The van der Waals surface area contributed by atoms with Gasteiger partial charge in [0, 0.05) is 30.9 Å². The first-order valence-electron chi connectivity index (χ1n) is 12.0. The summed E-state index contributed by atoms with van der Waals surface area (Å²) in [7, 11) is 0. The van der Waals surface area contributed by atoms with E-state index in [2.05, 4.69) is 9.97 Å². The lowest BCUT2D eigenvalue weighted by atomic mass is 9.97. The standard InChI is InChI=1S/C27H27N3O6/c1-3-33-27(32)19-8-5-11-30(15-19)26(31)21-14-28-24(18-7-4-6-17(2)12-18)29-25(21)36-20-9-10-22-23(13-20)35-16-34-22/h4,6-7,9-10,12-14,19H,3,5,8,11,15-16H2,1-2H3/t19-/m1/s1. The Balaban J connectivity index is 1.47. The van der Waals surface area contributed by atoms with Crippen molar-refractivity contribution in [2.45, 2.75) is 26.7 Å². The van der Waals surface area contributed by atoms with Crippen molar-refractivity contribution in [3.8, 4) is 34.5 Å². The summed E-state index contributed by atoms with van der Waals surface area (Å²) >= 11 is 0. The fourth-order valence-corrected chi connectivity index (χ4v) is 4.35. The fraction of sp³-hybridized carbons (Fsp3) is 0.333. The van der Waals surface area contributed by atoms with Gasteiger partial charge in [-0.1, -0.05) is 23.8 Å². The van der Waals surface area contributed by atoms with Crippen LogP contribution in [-0.4, -0.2) is 53.2 Å². The van der Waals surface area contributed by atoms with Crippen LogP contribution in [0.15, 0.2) is 48.7 Å². The number of aryl methyl sites for hydroxylation is 1. The summed E-state index contributed by atoms with van der Waals surface area (Å²) in [5.74, 6) is 1.27. The van der Waals surface area contributed by atoms with Crippen molar-refractivity contribution in [2.24, 2.45) is 5.92 Å². The number of ether oxygens (including phenoxy) is 4. The summed E-state index contributed by atoms with van der Waals surface area (Å²) in [6, 6.07) is 13.0. The highest BCUT2D eigenvalue weighted by Gasteiger charge is 2.32. The highest BCUT2D eigenvalue weighted by molar-refractivity contribution is 5.96. The van der Waals surface area contributed by atoms with E-state index in [4.69, 9.17) is 18.9 Å². The van der Waals surface area contributed by atoms with E-state index in [1.807, 2.05) is 31.2 Å². The highest BCUT2D eigenvalue weighted by atomic mass is 16.7. The van der Waals surface area contributed by atoms with E-state index in [-0.39, 0.29) is 42.6 Å². The molecule has 3 heterocycles. The van der Waals surface area contributed by atoms with Crippen LogP contribution >= 0.6 is 0 Å². The van der Waals surface area contributed by atoms with Crippen LogP contribution in [0.3, 0.4) is 0 Å². The summed E-state index contributed by atoms with van der Waals surface area (Å²) in [4.78, 5) is 36.6. The number of esters is 1. The molecule has 0 saturated carbocycles. The zero-order valence-electron chi connectivity index (χ0n) is 20.2. The van der Waals surface area contributed by atoms with Gasteiger partial charge in [0.05, 0.1) is 12.5 Å². The number of likely N-dealkylation sites (tertiary alicyclic amines) is 1. The molecule has 2 aliphatic rings. The van der Waals surface area contributed by atoms with Crippen molar-refractivity contribution in [1.29, 1.82) is 0 Å². The normalized spacial score (nSPS) is 16.5. The molecule has 1 amide bonds. The molecule has 186 valence electrons. The molecule has 0 N–H and O–H groups in total. The smallest absolute Gasteiger partial charge is 0.310 e. The van der Waals surface area contributed by atoms with Gasteiger partial charge in [0.15, 0.2) is 17.3 Å². The van der Waals surface area contributed by atoms with Gasteiger partial charge in [0.25, 0.3) is 5.91 Å². The molecule has 0 spiro atoms. The zero-order valence-corrected chi connectivity index (χ0v) is 20.2. The predicted molar refractivity (Wildman–Crippen MR) is 130 cm³/mol. The Kier molecular flexibility index (Phi) is 6.71. The van der Waals surface area contributed by atoms with Crippen LogP contribution in [0.2, 0.25) is 0 Å². The maximum absolute atomic E-state index is 13.6. The van der Waals surface area contributed by atoms with E-state index in [1.165, 1.54) is 6.20 Å². The molecule has 36 heavy (non-hydrogen) atoms. The number of hydrogen-bond acceptors (Lipinski definition) is 8. The van der Waals surface area contributed by atoms with Crippen LogP contribution < -0.4 is 14.2 Å². The molecule has 5 rings (SSSR count). The van der Waals surface area contributed by atoms with Crippen molar-refractivity contribution >= 4 is 11.9 Å². The van der Waals surface area contributed by atoms with Gasteiger partial charge in [-0.05, 0) is 44.9 Å². The van der Waals surface area contributed by atoms with Crippen LogP contribution in [0.5, 0.6) is 23.1 Å². The van der Waals surface area contributed by atoms with Gasteiger partial charge in [-0.2, -0.15) is 4.98 Å². The molecule has 0 radical (unpaired) electrons. The maximum Gasteiger partial charge on any atom is 0.310 e. The van der Waals surface area contributed by atoms with Crippen molar-refractivity contribution < 1.29 is 28.5 Å². The van der Waals surface area contributed by atoms with Crippen molar-refractivity contribution in [3.63, 3.8) is 0 Å². The van der Waals surface area contributed by atoms with E-state index in [0.29, 0.717) is 49.1 Å². The van der Waals surface area contributed by atoms with Gasteiger partial charge in [-0.3, -0.25) is 9.59 Å². The quantitative estimate of drug-likeness (QED) is 0.470. The molecule has 1 atom stereocenters. The highest BCUT2D eigenvalue weighted by Crippen LogP contribution is 2.37. The first kappa shape index (κ1) is 23.6. The topological polar surface area (TPSA) is 100 Å². The van der Waals surface area contributed by atoms with E-state index >= 15 is 0 Å². The number of nitrogens with zero attached hydrogens (tertiary/aromatic N) is 3. The van der Waals surface area contributed by atoms with Gasteiger partial charge in [0.2, 0.25) is 12.7 Å².